The van der Waals surface area contributed by atoms with E-state index in [0.29, 0.717) is 24.7 Å². The first-order valence-corrected chi connectivity index (χ1v) is 8.34. The third kappa shape index (κ3) is 2.75. The van der Waals surface area contributed by atoms with Crippen LogP contribution in [0.4, 0.5) is 0 Å². The second kappa shape index (κ2) is 5.85. The van der Waals surface area contributed by atoms with E-state index in [1.54, 1.807) is 6.20 Å². The summed E-state index contributed by atoms with van der Waals surface area (Å²) >= 11 is 0. The number of rotatable bonds is 2. The van der Waals surface area contributed by atoms with E-state index < -0.39 is 0 Å². The average molecular weight is 317 g/mol. The zero-order valence-corrected chi connectivity index (χ0v) is 13.5. The molecule has 4 rings (SSSR count). The van der Waals surface area contributed by atoms with Gasteiger partial charge >= 0.3 is 0 Å². The Morgan fingerprint density at radius 1 is 1.35 bits per heavy atom. The largest absolute Gasteiger partial charge is 0.379 e. The van der Waals surface area contributed by atoms with Crippen LogP contribution in [0.1, 0.15) is 22.5 Å². The van der Waals surface area contributed by atoms with Crippen LogP contribution in [-0.2, 0) is 9.47 Å². The number of likely N-dealkylation sites (tertiary alicyclic amines) is 1. The Balaban J connectivity index is 1.36. The van der Waals surface area contributed by atoms with Gasteiger partial charge in [-0.15, -0.1) is 0 Å². The van der Waals surface area contributed by atoms with Crippen LogP contribution in [0.2, 0.25) is 0 Å². The van der Waals surface area contributed by atoms with Gasteiger partial charge in [-0.3, -0.25) is 14.7 Å². The van der Waals surface area contributed by atoms with Crippen molar-refractivity contribution in [2.75, 3.05) is 46.0 Å². The topological polar surface area (TPSA) is 54.9 Å². The average Bonchev–Trinajstić information content (AvgIpc) is 3.00. The van der Waals surface area contributed by atoms with Crippen LogP contribution in [0.25, 0.3) is 0 Å². The molecular weight excluding hydrogens is 294 g/mol. The molecule has 1 unspecified atom stereocenters. The molecule has 0 bridgehead atoms. The zero-order chi connectivity index (χ0) is 15.9. The summed E-state index contributed by atoms with van der Waals surface area (Å²) in [5.41, 5.74) is 1.36. The van der Waals surface area contributed by atoms with Crippen LogP contribution in [0.15, 0.2) is 18.3 Å². The number of morpholine rings is 1. The van der Waals surface area contributed by atoms with E-state index in [9.17, 15) is 4.79 Å². The Hall–Kier alpha value is -1.50. The molecule has 0 saturated carbocycles. The summed E-state index contributed by atoms with van der Waals surface area (Å²) in [6, 6.07) is 4.13. The molecule has 1 aromatic rings. The van der Waals surface area contributed by atoms with Gasteiger partial charge in [-0.2, -0.15) is 0 Å². The van der Waals surface area contributed by atoms with Crippen molar-refractivity contribution in [1.29, 1.82) is 0 Å². The number of nitrogens with zero attached hydrogens (tertiary/aromatic N) is 3. The molecule has 124 valence electrons. The van der Waals surface area contributed by atoms with Crippen LogP contribution >= 0.6 is 0 Å². The highest BCUT2D eigenvalue weighted by molar-refractivity contribution is 5.95. The number of hydrogen-bond acceptors (Lipinski definition) is 5. The fraction of sp³-hybridized carbons (Fsp3) is 0.647. The molecule has 1 aromatic heterocycles. The van der Waals surface area contributed by atoms with Crippen molar-refractivity contribution in [3.8, 4) is 0 Å². The summed E-state index contributed by atoms with van der Waals surface area (Å²) < 4.78 is 11.5. The Morgan fingerprint density at radius 2 is 2.13 bits per heavy atom. The van der Waals surface area contributed by atoms with Gasteiger partial charge < -0.3 is 14.4 Å². The predicted molar refractivity (Wildman–Crippen MR) is 84.4 cm³/mol. The maximum absolute atomic E-state index is 12.6. The highest BCUT2D eigenvalue weighted by Crippen LogP contribution is 2.37. The molecule has 3 fully saturated rings. The Bertz CT molecular complexity index is 595. The molecule has 1 amide bonds. The number of carbonyl (C=O) groups excluding carboxylic acids is 1. The van der Waals surface area contributed by atoms with Crippen molar-refractivity contribution < 1.29 is 14.3 Å². The highest BCUT2D eigenvalue weighted by Gasteiger charge is 2.52. The second-order valence-corrected chi connectivity index (χ2v) is 6.80. The molecule has 0 aliphatic carbocycles. The third-order valence-corrected chi connectivity index (χ3v) is 5.23. The number of amides is 1. The molecule has 6 heteroatoms. The summed E-state index contributed by atoms with van der Waals surface area (Å²) in [7, 11) is 0. The standard InChI is InChI=1S/C17H23N3O3/c1-13-15(3-2-4-18-13)16(21)20-11-17(12-20)9-14(10-23-17)19-5-7-22-8-6-19/h2-4,14H,5-12H2,1H3. The lowest BCUT2D eigenvalue weighted by Crippen LogP contribution is -2.63. The maximum Gasteiger partial charge on any atom is 0.255 e. The van der Waals surface area contributed by atoms with Gasteiger partial charge in [0.25, 0.3) is 5.91 Å². The fourth-order valence-corrected chi connectivity index (χ4v) is 3.89. The van der Waals surface area contributed by atoms with Gasteiger partial charge in [0.2, 0.25) is 0 Å². The van der Waals surface area contributed by atoms with Gasteiger partial charge in [-0.05, 0) is 25.5 Å². The van der Waals surface area contributed by atoms with Gasteiger partial charge in [-0.25, -0.2) is 0 Å². The molecule has 0 radical (unpaired) electrons. The summed E-state index contributed by atoms with van der Waals surface area (Å²) in [5, 5.41) is 0. The molecule has 1 spiro atoms. The summed E-state index contributed by atoms with van der Waals surface area (Å²) in [6.07, 6.45) is 2.74. The SMILES string of the molecule is Cc1ncccc1C(=O)N1CC2(CC(N3CCOCC3)CO2)C1. The minimum atomic E-state index is -0.130. The monoisotopic (exact) mass is 317 g/mol. The van der Waals surface area contributed by atoms with Crippen molar-refractivity contribution in [1.82, 2.24) is 14.8 Å². The zero-order valence-electron chi connectivity index (χ0n) is 13.5. The summed E-state index contributed by atoms with van der Waals surface area (Å²) in [5.74, 6) is 0.0691. The quantitative estimate of drug-likeness (QED) is 0.804. The van der Waals surface area contributed by atoms with Gasteiger partial charge in [-0.1, -0.05) is 0 Å². The molecule has 3 aliphatic heterocycles. The molecule has 0 aromatic carbocycles. The Labute approximate surface area is 136 Å². The normalized spacial score (nSPS) is 27.2. The minimum Gasteiger partial charge on any atom is -0.379 e. The number of pyridine rings is 1. The first kappa shape index (κ1) is 15.1. The van der Waals surface area contributed by atoms with Crippen LogP contribution in [0.5, 0.6) is 0 Å². The van der Waals surface area contributed by atoms with Gasteiger partial charge in [0.05, 0.1) is 38.5 Å². The molecular formula is C17H23N3O3. The lowest BCUT2D eigenvalue weighted by atomic mass is 9.88. The van der Waals surface area contributed by atoms with E-state index in [-0.39, 0.29) is 11.5 Å². The number of carbonyl (C=O) groups is 1. The number of ether oxygens (including phenoxy) is 2. The smallest absolute Gasteiger partial charge is 0.255 e. The molecule has 0 N–H and O–H groups in total. The van der Waals surface area contributed by atoms with E-state index in [1.165, 1.54) is 0 Å². The molecule has 6 nitrogen and oxygen atoms in total. The van der Waals surface area contributed by atoms with Crippen LogP contribution in [0, 0.1) is 6.92 Å². The number of aryl methyl sites for hydroxylation is 1. The van der Waals surface area contributed by atoms with Crippen molar-refractivity contribution in [3.63, 3.8) is 0 Å². The van der Waals surface area contributed by atoms with Crippen LogP contribution in [-0.4, -0.2) is 78.3 Å². The molecule has 3 aliphatic rings. The minimum absolute atomic E-state index is 0.0691. The van der Waals surface area contributed by atoms with Gasteiger partial charge in [0.15, 0.2) is 0 Å². The molecule has 3 saturated heterocycles. The van der Waals surface area contributed by atoms with E-state index in [4.69, 9.17) is 9.47 Å². The van der Waals surface area contributed by atoms with E-state index in [2.05, 4.69) is 9.88 Å². The molecule has 4 heterocycles. The Kier molecular flexibility index (Phi) is 3.83. The first-order valence-electron chi connectivity index (χ1n) is 8.34. The third-order valence-electron chi connectivity index (χ3n) is 5.23. The maximum atomic E-state index is 12.6. The summed E-state index contributed by atoms with van der Waals surface area (Å²) in [4.78, 5) is 21.1. The lowest BCUT2D eigenvalue weighted by molar-refractivity contribution is -0.0951. The predicted octanol–water partition coefficient (Wildman–Crippen LogP) is 0.706. The second-order valence-electron chi connectivity index (χ2n) is 6.80. The number of aromatic nitrogens is 1. The van der Waals surface area contributed by atoms with Crippen molar-refractivity contribution in [3.05, 3.63) is 29.6 Å². The fourth-order valence-electron chi connectivity index (χ4n) is 3.89. The van der Waals surface area contributed by atoms with Gasteiger partial charge in [0, 0.05) is 31.0 Å². The van der Waals surface area contributed by atoms with Gasteiger partial charge in [0.1, 0.15) is 5.60 Å². The van der Waals surface area contributed by atoms with E-state index in [0.717, 1.165) is 45.0 Å². The van der Waals surface area contributed by atoms with Crippen LogP contribution in [0.3, 0.4) is 0 Å². The lowest BCUT2D eigenvalue weighted by Gasteiger charge is -2.47. The van der Waals surface area contributed by atoms with Crippen molar-refractivity contribution >= 4 is 5.91 Å². The van der Waals surface area contributed by atoms with Crippen LogP contribution < -0.4 is 0 Å². The molecule has 1 atom stereocenters. The van der Waals surface area contributed by atoms with E-state index in [1.807, 2.05) is 24.0 Å². The number of hydrogen-bond donors (Lipinski definition) is 0. The summed E-state index contributed by atoms with van der Waals surface area (Å²) in [6.45, 7) is 7.64. The highest BCUT2D eigenvalue weighted by atomic mass is 16.5. The van der Waals surface area contributed by atoms with E-state index >= 15 is 0 Å². The van der Waals surface area contributed by atoms with Crippen molar-refractivity contribution in [2.45, 2.75) is 25.0 Å². The molecule has 23 heavy (non-hydrogen) atoms. The van der Waals surface area contributed by atoms with Crippen molar-refractivity contribution in [2.24, 2.45) is 0 Å². The first-order chi connectivity index (χ1) is 11.2. The Morgan fingerprint density at radius 3 is 2.87 bits per heavy atom.